The van der Waals surface area contributed by atoms with Crippen molar-refractivity contribution < 1.29 is 9.90 Å². The molecule has 3 N–H and O–H groups in total. The fourth-order valence-electron chi connectivity index (χ4n) is 0.597. The monoisotopic (exact) mass is 158 g/mol. The highest BCUT2D eigenvalue weighted by Gasteiger charge is 2.06. The molecule has 0 aromatic rings. The zero-order valence-corrected chi connectivity index (χ0v) is 6.63. The second-order valence-corrected chi connectivity index (χ2v) is 2.11. The Bertz CT molecular complexity index is 132. The van der Waals surface area contributed by atoms with Crippen molar-refractivity contribution in [2.24, 2.45) is 0 Å². The Kier molecular flexibility index (Phi) is 5.20. The highest BCUT2D eigenvalue weighted by Crippen LogP contribution is 1.87. The molecule has 1 unspecified atom stereocenters. The molecule has 1 atom stereocenters. The minimum absolute atomic E-state index is 0.0406. The van der Waals surface area contributed by atoms with Crippen LogP contribution < -0.4 is 10.6 Å². The third-order valence-electron chi connectivity index (χ3n) is 1.28. The lowest BCUT2D eigenvalue weighted by atomic mass is 10.2. The summed E-state index contributed by atoms with van der Waals surface area (Å²) in [6.07, 6.45) is 2.00. The van der Waals surface area contributed by atoms with Crippen LogP contribution in [0.15, 0.2) is 12.8 Å². The molecule has 0 spiro atoms. The molecule has 2 amide bonds. The van der Waals surface area contributed by atoms with Crippen molar-refractivity contribution in [2.75, 3.05) is 6.61 Å². The van der Waals surface area contributed by atoms with Gasteiger partial charge in [-0.3, -0.25) is 0 Å². The second kappa shape index (κ2) is 5.73. The normalized spacial score (nSPS) is 11.8. The van der Waals surface area contributed by atoms with E-state index in [4.69, 9.17) is 5.11 Å². The Morgan fingerprint density at radius 2 is 2.45 bits per heavy atom. The Morgan fingerprint density at radius 1 is 1.82 bits per heavy atom. The third-order valence-corrected chi connectivity index (χ3v) is 1.28. The predicted octanol–water partition coefficient (Wildman–Crippen LogP) is 0.200. The Balaban J connectivity index is 3.62. The van der Waals surface area contributed by atoms with Gasteiger partial charge in [-0.25, -0.2) is 4.79 Å². The van der Waals surface area contributed by atoms with Crippen molar-refractivity contribution in [3.63, 3.8) is 0 Å². The van der Waals surface area contributed by atoms with Gasteiger partial charge in [0.2, 0.25) is 0 Å². The van der Waals surface area contributed by atoms with Crippen LogP contribution in [0.2, 0.25) is 0 Å². The summed E-state index contributed by atoms with van der Waals surface area (Å²) in [6.45, 7) is 5.17. The van der Waals surface area contributed by atoms with Crippen LogP contribution >= 0.6 is 0 Å². The molecule has 0 aromatic heterocycles. The molecule has 0 rings (SSSR count). The number of nitrogens with one attached hydrogen (secondary N) is 2. The molecule has 0 aliphatic rings. The first-order chi connectivity index (χ1) is 5.24. The van der Waals surface area contributed by atoms with Gasteiger partial charge in [0.15, 0.2) is 0 Å². The molecule has 0 aliphatic heterocycles. The van der Waals surface area contributed by atoms with Crippen LogP contribution in [0.25, 0.3) is 0 Å². The van der Waals surface area contributed by atoms with Gasteiger partial charge in [-0.15, -0.1) is 0 Å². The number of amides is 2. The standard InChI is InChI=1S/C7H14N2O2/c1-3-6(5-10)9-7(11)8-4-2/h4,6,10H,2-3,5H2,1H3,(H2,8,9,11). The SMILES string of the molecule is C=CNC(=O)NC(CC)CO. The molecule has 11 heavy (non-hydrogen) atoms. The Labute approximate surface area is 66.3 Å². The molecule has 0 radical (unpaired) electrons. The summed E-state index contributed by atoms with van der Waals surface area (Å²) in [5.74, 6) is 0. The van der Waals surface area contributed by atoms with Crippen LogP contribution in [0.5, 0.6) is 0 Å². The maximum atomic E-state index is 10.8. The highest BCUT2D eigenvalue weighted by atomic mass is 16.3. The lowest BCUT2D eigenvalue weighted by molar-refractivity contribution is 0.217. The van der Waals surface area contributed by atoms with Crippen molar-refractivity contribution in [1.82, 2.24) is 10.6 Å². The van der Waals surface area contributed by atoms with Crippen molar-refractivity contribution in [3.05, 3.63) is 12.8 Å². The van der Waals surface area contributed by atoms with Crippen LogP contribution in [0.4, 0.5) is 4.79 Å². The highest BCUT2D eigenvalue weighted by molar-refractivity contribution is 5.75. The fourth-order valence-corrected chi connectivity index (χ4v) is 0.597. The summed E-state index contributed by atoms with van der Waals surface area (Å²) in [7, 11) is 0. The van der Waals surface area contributed by atoms with Gasteiger partial charge < -0.3 is 15.7 Å². The lowest BCUT2D eigenvalue weighted by Crippen LogP contribution is -2.41. The van der Waals surface area contributed by atoms with Crippen LogP contribution in [0, 0.1) is 0 Å². The first kappa shape index (κ1) is 9.97. The number of urea groups is 1. The largest absolute Gasteiger partial charge is 0.394 e. The van der Waals surface area contributed by atoms with E-state index in [1.165, 1.54) is 6.20 Å². The van der Waals surface area contributed by atoms with E-state index < -0.39 is 0 Å². The van der Waals surface area contributed by atoms with E-state index in [-0.39, 0.29) is 18.7 Å². The van der Waals surface area contributed by atoms with Gasteiger partial charge in [-0.1, -0.05) is 13.5 Å². The van der Waals surface area contributed by atoms with Crippen LogP contribution in [-0.4, -0.2) is 23.8 Å². The minimum Gasteiger partial charge on any atom is -0.394 e. The van der Waals surface area contributed by atoms with Crippen molar-refractivity contribution >= 4 is 6.03 Å². The molecule has 0 saturated heterocycles. The first-order valence-electron chi connectivity index (χ1n) is 3.53. The van der Waals surface area contributed by atoms with E-state index in [9.17, 15) is 4.79 Å². The molecular weight excluding hydrogens is 144 g/mol. The minimum atomic E-state index is -0.332. The number of aliphatic hydroxyl groups is 1. The van der Waals surface area contributed by atoms with E-state index in [2.05, 4.69) is 17.2 Å². The molecule has 0 aliphatic carbocycles. The molecule has 0 saturated carbocycles. The number of carbonyl (C=O) groups excluding carboxylic acids is 1. The molecule has 0 aromatic carbocycles. The molecule has 4 heteroatoms. The van der Waals surface area contributed by atoms with Crippen molar-refractivity contribution in [2.45, 2.75) is 19.4 Å². The quantitative estimate of drug-likeness (QED) is 0.547. The zero-order chi connectivity index (χ0) is 8.69. The summed E-state index contributed by atoms with van der Waals surface area (Å²) in [6, 6.07) is -0.504. The molecule has 4 nitrogen and oxygen atoms in total. The van der Waals surface area contributed by atoms with Gasteiger partial charge in [0, 0.05) is 0 Å². The van der Waals surface area contributed by atoms with E-state index >= 15 is 0 Å². The molecule has 0 bridgehead atoms. The van der Waals surface area contributed by atoms with Crippen LogP contribution in [0.1, 0.15) is 13.3 Å². The third kappa shape index (κ3) is 4.38. The van der Waals surface area contributed by atoms with Crippen LogP contribution in [-0.2, 0) is 0 Å². The Morgan fingerprint density at radius 3 is 2.82 bits per heavy atom. The lowest BCUT2D eigenvalue weighted by Gasteiger charge is -2.12. The number of hydrogen-bond acceptors (Lipinski definition) is 2. The topological polar surface area (TPSA) is 61.4 Å². The fraction of sp³-hybridized carbons (Fsp3) is 0.571. The second-order valence-electron chi connectivity index (χ2n) is 2.11. The van der Waals surface area contributed by atoms with E-state index in [1.54, 1.807) is 0 Å². The summed E-state index contributed by atoms with van der Waals surface area (Å²) >= 11 is 0. The summed E-state index contributed by atoms with van der Waals surface area (Å²) in [4.78, 5) is 10.8. The summed E-state index contributed by atoms with van der Waals surface area (Å²) < 4.78 is 0. The smallest absolute Gasteiger partial charge is 0.319 e. The van der Waals surface area contributed by atoms with Gasteiger partial charge in [0.25, 0.3) is 0 Å². The van der Waals surface area contributed by atoms with Gasteiger partial charge >= 0.3 is 6.03 Å². The van der Waals surface area contributed by atoms with E-state index in [0.717, 1.165) is 0 Å². The Hall–Kier alpha value is -1.03. The average molecular weight is 158 g/mol. The van der Waals surface area contributed by atoms with Crippen molar-refractivity contribution in [1.29, 1.82) is 0 Å². The number of carbonyl (C=O) groups is 1. The first-order valence-corrected chi connectivity index (χ1v) is 3.53. The van der Waals surface area contributed by atoms with Gasteiger partial charge in [-0.2, -0.15) is 0 Å². The molecule has 0 fully saturated rings. The number of aliphatic hydroxyl groups excluding tert-OH is 1. The molecule has 64 valence electrons. The zero-order valence-electron chi connectivity index (χ0n) is 6.63. The molecule has 0 heterocycles. The van der Waals surface area contributed by atoms with Crippen LogP contribution in [0.3, 0.4) is 0 Å². The summed E-state index contributed by atoms with van der Waals surface area (Å²) in [5, 5.41) is 13.6. The predicted molar refractivity (Wildman–Crippen MR) is 43.0 cm³/mol. The average Bonchev–Trinajstić information content (AvgIpc) is 2.01. The summed E-state index contributed by atoms with van der Waals surface area (Å²) in [5.41, 5.74) is 0. The van der Waals surface area contributed by atoms with Crippen molar-refractivity contribution in [3.8, 4) is 0 Å². The molecular formula is C7H14N2O2. The van der Waals surface area contributed by atoms with Gasteiger partial charge in [0.1, 0.15) is 0 Å². The van der Waals surface area contributed by atoms with E-state index in [0.29, 0.717) is 6.42 Å². The van der Waals surface area contributed by atoms with Gasteiger partial charge in [0.05, 0.1) is 12.6 Å². The maximum absolute atomic E-state index is 10.8. The number of rotatable bonds is 4. The number of hydrogen-bond donors (Lipinski definition) is 3. The van der Waals surface area contributed by atoms with E-state index in [1.807, 2.05) is 6.92 Å². The maximum Gasteiger partial charge on any atom is 0.319 e. The van der Waals surface area contributed by atoms with Gasteiger partial charge in [-0.05, 0) is 12.6 Å².